The maximum absolute atomic E-state index is 4.49. The third-order valence-electron chi connectivity index (χ3n) is 2.58. The van der Waals surface area contributed by atoms with E-state index in [1.54, 1.807) is 6.20 Å². The first-order valence-corrected chi connectivity index (χ1v) is 5.31. The van der Waals surface area contributed by atoms with Gasteiger partial charge in [-0.15, -0.1) is 0 Å². The molecule has 2 aromatic heterocycles. The van der Waals surface area contributed by atoms with E-state index in [2.05, 4.69) is 22.5 Å². The molecule has 0 fully saturated rings. The van der Waals surface area contributed by atoms with Crippen molar-refractivity contribution < 1.29 is 0 Å². The second-order valence-electron chi connectivity index (χ2n) is 3.72. The minimum atomic E-state index is 0.844. The zero-order valence-electron chi connectivity index (χ0n) is 8.82. The van der Waals surface area contributed by atoms with Crippen molar-refractivity contribution in [2.45, 2.75) is 13.1 Å². The molecule has 3 aromatic rings. The van der Waals surface area contributed by atoms with Gasteiger partial charge in [-0.05, 0) is 12.1 Å². The van der Waals surface area contributed by atoms with Gasteiger partial charge in [0, 0.05) is 24.0 Å². The highest BCUT2D eigenvalue weighted by molar-refractivity contribution is 5.77. The third-order valence-corrected chi connectivity index (χ3v) is 2.58. The van der Waals surface area contributed by atoms with E-state index < -0.39 is 0 Å². The number of hydrogen-bond donors (Lipinski definition) is 0. The van der Waals surface area contributed by atoms with Crippen LogP contribution in [-0.2, 0) is 13.1 Å². The van der Waals surface area contributed by atoms with E-state index >= 15 is 0 Å². The van der Waals surface area contributed by atoms with Crippen molar-refractivity contribution >= 4 is 10.9 Å². The van der Waals surface area contributed by atoms with E-state index in [1.807, 2.05) is 39.8 Å². The van der Waals surface area contributed by atoms with Crippen LogP contribution in [0.2, 0.25) is 0 Å². The van der Waals surface area contributed by atoms with Crippen molar-refractivity contribution in [3.05, 3.63) is 48.9 Å². The van der Waals surface area contributed by atoms with E-state index in [1.165, 1.54) is 5.39 Å². The highest BCUT2D eigenvalue weighted by Gasteiger charge is 1.99. The molecule has 0 bridgehead atoms. The fourth-order valence-electron chi connectivity index (χ4n) is 1.77. The van der Waals surface area contributed by atoms with Crippen molar-refractivity contribution in [3.63, 3.8) is 0 Å². The quantitative estimate of drug-likeness (QED) is 0.665. The van der Waals surface area contributed by atoms with Gasteiger partial charge in [0.2, 0.25) is 0 Å². The smallest absolute Gasteiger partial charge is 0.0923 e. The first-order chi connectivity index (χ1) is 7.92. The lowest BCUT2D eigenvalue weighted by Crippen LogP contribution is -2.07. The topological polar surface area (TPSA) is 35.6 Å². The summed E-state index contributed by atoms with van der Waals surface area (Å²) in [6.07, 6.45) is 5.82. The van der Waals surface area contributed by atoms with E-state index in [9.17, 15) is 0 Å². The molecule has 0 unspecified atom stereocenters. The van der Waals surface area contributed by atoms with Crippen molar-refractivity contribution in [2.24, 2.45) is 0 Å². The Kier molecular flexibility index (Phi) is 2.18. The molecule has 80 valence electrons. The number of nitrogens with zero attached hydrogens (tertiary/aromatic N) is 4. The lowest BCUT2D eigenvalue weighted by Gasteiger charge is -2.00. The van der Waals surface area contributed by atoms with Crippen LogP contribution in [0.4, 0.5) is 0 Å². The van der Waals surface area contributed by atoms with E-state index in [0.717, 1.165) is 18.6 Å². The highest BCUT2D eigenvalue weighted by atomic mass is 15.3. The second-order valence-corrected chi connectivity index (χ2v) is 3.72. The van der Waals surface area contributed by atoms with Crippen molar-refractivity contribution in [3.8, 4) is 0 Å². The number of aromatic nitrogens is 4. The summed E-state index contributed by atoms with van der Waals surface area (Å²) in [4.78, 5) is 0. The van der Waals surface area contributed by atoms with Crippen LogP contribution in [0, 0.1) is 0 Å². The minimum absolute atomic E-state index is 0.844. The Morgan fingerprint density at radius 2 is 1.88 bits per heavy atom. The molecule has 16 heavy (non-hydrogen) atoms. The molecule has 2 heterocycles. The van der Waals surface area contributed by atoms with Crippen molar-refractivity contribution in [1.29, 1.82) is 0 Å². The Morgan fingerprint density at radius 3 is 2.69 bits per heavy atom. The highest BCUT2D eigenvalue weighted by Crippen LogP contribution is 2.10. The average molecular weight is 212 g/mol. The summed E-state index contributed by atoms with van der Waals surface area (Å²) in [7, 11) is 0. The molecule has 0 N–H and O–H groups in total. The van der Waals surface area contributed by atoms with Gasteiger partial charge in [0.1, 0.15) is 0 Å². The predicted octanol–water partition coefficient (Wildman–Crippen LogP) is 1.93. The molecular weight excluding hydrogens is 200 g/mol. The van der Waals surface area contributed by atoms with Gasteiger partial charge in [-0.1, -0.05) is 18.2 Å². The standard InChI is InChI=1S/C12H12N4/c1-2-5-12-11(4-1)10-16(14-12)9-8-15-7-3-6-13-15/h1-7,10H,8-9H2. The van der Waals surface area contributed by atoms with Crippen LogP contribution >= 0.6 is 0 Å². The molecule has 3 rings (SSSR count). The monoisotopic (exact) mass is 212 g/mol. The Labute approximate surface area is 93.1 Å². The van der Waals surface area contributed by atoms with Gasteiger partial charge < -0.3 is 0 Å². The van der Waals surface area contributed by atoms with Crippen LogP contribution in [0.5, 0.6) is 0 Å². The normalized spacial score (nSPS) is 11.0. The van der Waals surface area contributed by atoms with Crippen LogP contribution < -0.4 is 0 Å². The van der Waals surface area contributed by atoms with Crippen LogP contribution in [0.1, 0.15) is 0 Å². The Balaban J connectivity index is 1.79. The van der Waals surface area contributed by atoms with Gasteiger partial charge in [-0.25, -0.2) is 0 Å². The molecule has 0 saturated carbocycles. The molecule has 0 spiro atoms. The van der Waals surface area contributed by atoms with Gasteiger partial charge in [-0.2, -0.15) is 10.2 Å². The summed E-state index contributed by atoms with van der Waals surface area (Å²) >= 11 is 0. The lowest BCUT2D eigenvalue weighted by molar-refractivity contribution is 0.503. The van der Waals surface area contributed by atoms with Crippen LogP contribution in [0.15, 0.2) is 48.9 Å². The number of hydrogen-bond acceptors (Lipinski definition) is 2. The predicted molar refractivity (Wildman–Crippen MR) is 62.0 cm³/mol. The molecular formula is C12H12N4. The first-order valence-electron chi connectivity index (χ1n) is 5.31. The number of fused-ring (bicyclic) bond motifs is 1. The maximum atomic E-state index is 4.49. The Morgan fingerprint density at radius 1 is 1.00 bits per heavy atom. The molecule has 0 aliphatic carbocycles. The molecule has 0 atom stereocenters. The maximum Gasteiger partial charge on any atom is 0.0923 e. The summed E-state index contributed by atoms with van der Waals surface area (Å²) in [6.45, 7) is 1.69. The molecule has 0 amide bonds. The summed E-state index contributed by atoms with van der Waals surface area (Å²) in [5.74, 6) is 0. The lowest BCUT2D eigenvalue weighted by atomic mass is 10.3. The van der Waals surface area contributed by atoms with Crippen LogP contribution in [0.3, 0.4) is 0 Å². The van der Waals surface area contributed by atoms with Gasteiger partial charge in [-0.3, -0.25) is 9.36 Å². The summed E-state index contributed by atoms with van der Waals surface area (Å²) < 4.78 is 3.87. The number of aryl methyl sites for hydroxylation is 2. The fourth-order valence-corrected chi connectivity index (χ4v) is 1.77. The van der Waals surface area contributed by atoms with Crippen LogP contribution in [0.25, 0.3) is 10.9 Å². The van der Waals surface area contributed by atoms with Crippen molar-refractivity contribution in [2.75, 3.05) is 0 Å². The van der Waals surface area contributed by atoms with Gasteiger partial charge in [0.15, 0.2) is 0 Å². The largest absolute Gasteiger partial charge is 0.271 e. The van der Waals surface area contributed by atoms with Gasteiger partial charge in [0.05, 0.1) is 18.6 Å². The Hall–Kier alpha value is -2.10. The molecule has 4 heteroatoms. The third kappa shape index (κ3) is 1.69. The fraction of sp³-hybridized carbons (Fsp3) is 0.167. The molecule has 1 aromatic carbocycles. The summed E-state index contributed by atoms with van der Waals surface area (Å²) in [5.41, 5.74) is 1.04. The van der Waals surface area contributed by atoms with E-state index in [0.29, 0.717) is 0 Å². The molecule has 0 aliphatic heterocycles. The Bertz CT molecular complexity index is 547. The first kappa shape index (κ1) is 9.15. The summed E-state index contributed by atoms with van der Waals surface area (Å²) in [6, 6.07) is 10.1. The van der Waals surface area contributed by atoms with Gasteiger partial charge in [0.25, 0.3) is 0 Å². The zero-order chi connectivity index (χ0) is 10.8. The van der Waals surface area contributed by atoms with E-state index in [-0.39, 0.29) is 0 Å². The minimum Gasteiger partial charge on any atom is -0.271 e. The summed E-state index contributed by atoms with van der Waals surface area (Å²) in [5, 5.41) is 9.83. The molecule has 4 nitrogen and oxygen atoms in total. The molecule has 0 aliphatic rings. The SMILES string of the molecule is c1ccc2nn(CCn3cccn3)cc2c1. The molecule has 0 saturated heterocycles. The molecule has 0 radical (unpaired) electrons. The van der Waals surface area contributed by atoms with Crippen molar-refractivity contribution in [1.82, 2.24) is 19.6 Å². The zero-order valence-corrected chi connectivity index (χ0v) is 8.82. The van der Waals surface area contributed by atoms with E-state index in [4.69, 9.17) is 0 Å². The van der Waals surface area contributed by atoms with Crippen LogP contribution in [-0.4, -0.2) is 19.6 Å². The van der Waals surface area contributed by atoms with Gasteiger partial charge >= 0.3 is 0 Å². The number of benzene rings is 1. The second kappa shape index (κ2) is 3.81. The average Bonchev–Trinajstić information content (AvgIpc) is 2.95. The number of rotatable bonds is 3.